The van der Waals surface area contributed by atoms with Crippen molar-refractivity contribution < 1.29 is 0 Å². The van der Waals surface area contributed by atoms with Crippen LogP contribution in [0.2, 0.25) is 0 Å². The predicted octanol–water partition coefficient (Wildman–Crippen LogP) is 4.93. The van der Waals surface area contributed by atoms with Crippen LogP contribution in [0.1, 0.15) is 24.0 Å². The zero-order valence-electron chi connectivity index (χ0n) is 16.8. The van der Waals surface area contributed by atoms with Gasteiger partial charge in [-0.25, -0.2) is 14.6 Å². The Morgan fingerprint density at radius 3 is 2.19 bits per heavy atom. The SMILES string of the molecule is Nn1c(-c2ccccc2)nc2c(sc3nc(-c4ccccc4)c4c(c32)CCCC4)c1=O. The van der Waals surface area contributed by atoms with Gasteiger partial charge in [0.2, 0.25) is 0 Å². The number of nitrogen functional groups attached to an aromatic ring is 1. The molecule has 1 aliphatic carbocycles. The van der Waals surface area contributed by atoms with Gasteiger partial charge in [0.25, 0.3) is 5.56 Å². The van der Waals surface area contributed by atoms with Crippen LogP contribution in [-0.2, 0) is 12.8 Å². The first kappa shape index (κ1) is 18.3. The molecule has 5 aromatic rings. The van der Waals surface area contributed by atoms with Crippen molar-refractivity contribution in [2.24, 2.45) is 0 Å². The average molecular weight is 425 g/mol. The highest BCUT2D eigenvalue weighted by molar-refractivity contribution is 7.25. The van der Waals surface area contributed by atoms with Gasteiger partial charge in [-0.1, -0.05) is 60.7 Å². The summed E-state index contributed by atoms with van der Waals surface area (Å²) in [6, 6.07) is 20.0. The molecule has 0 amide bonds. The van der Waals surface area contributed by atoms with Gasteiger partial charge in [0.1, 0.15) is 9.53 Å². The molecule has 1 aliphatic rings. The van der Waals surface area contributed by atoms with Crippen LogP contribution in [0.15, 0.2) is 65.5 Å². The highest BCUT2D eigenvalue weighted by Gasteiger charge is 2.25. The maximum atomic E-state index is 13.2. The molecule has 0 atom stereocenters. The monoisotopic (exact) mass is 424 g/mol. The number of hydrogen-bond acceptors (Lipinski definition) is 5. The number of pyridine rings is 1. The molecule has 0 unspecified atom stereocenters. The van der Waals surface area contributed by atoms with Crippen molar-refractivity contribution in [2.45, 2.75) is 25.7 Å². The number of benzene rings is 2. The van der Waals surface area contributed by atoms with Crippen molar-refractivity contribution in [3.05, 3.63) is 82.1 Å². The Hall–Kier alpha value is -3.51. The largest absolute Gasteiger partial charge is 0.334 e. The lowest BCUT2D eigenvalue weighted by atomic mass is 9.87. The minimum Gasteiger partial charge on any atom is -0.334 e. The summed E-state index contributed by atoms with van der Waals surface area (Å²) >= 11 is 1.40. The van der Waals surface area contributed by atoms with Gasteiger partial charge in [-0.2, -0.15) is 0 Å². The molecule has 0 saturated carbocycles. The van der Waals surface area contributed by atoms with E-state index in [4.69, 9.17) is 15.8 Å². The van der Waals surface area contributed by atoms with Crippen LogP contribution in [-0.4, -0.2) is 14.6 Å². The van der Waals surface area contributed by atoms with Crippen LogP contribution < -0.4 is 11.4 Å². The lowest BCUT2D eigenvalue weighted by Gasteiger charge is -2.20. The molecule has 152 valence electrons. The molecule has 6 rings (SSSR count). The Labute approximate surface area is 182 Å². The fourth-order valence-electron chi connectivity index (χ4n) is 4.62. The van der Waals surface area contributed by atoms with Gasteiger partial charge in [-0.3, -0.25) is 4.79 Å². The molecule has 0 bridgehead atoms. The van der Waals surface area contributed by atoms with Gasteiger partial charge in [-0.15, -0.1) is 11.3 Å². The van der Waals surface area contributed by atoms with Gasteiger partial charge < -0.3 is 5.84 Å². The molecule has 0 aliphatic heterocycles. The van der Waals surface area contributed by atoms with Crippen molar-refractivity contribution in [1.82, 2.24) is 14.6 Å². The minimum absolute atomic E-state index is 0.224. The van der Waals surface area contributed by atoms with E-state index in [9.17, 15) is 4.79 Å². The second-order valence-electron chi connectivity index (χ2n) is 7.93. The number of hydrogen-bond donors (Lipinski definition) is 1. The highest BCUT2D eigenvalue weighted by atomic mass is 32.1. The Morgan fingerprint density at radius 2 is 1.48 bits per heavy atom. The zero-order valence-corrected chi connectivity index (χ0v) is 17.7. The van der Waals surface area contributed by atoms with Crippen LogP contribution in [0.25, 0.3) is 43.1 Å². The summed E-state index contributed by atoms with van der Waals surface area (Å²) in [6.45, 7) is 0. The molecule has 5 nitrogen and oxygen atoms in total. The van der Waals surface area contributed by atoms with Crippen LogP contribution in [0, 0.1) is 0 Å². The van der Waals surface area contributed by atoms with E-state index in [0.29, 0.717) is 10.5 Å². The van der Waals surface area contributed by atoms with E-state index < -0.39 is 0 Å². The maximum Gasteiger partial charge on any atom is 0.290 e. The fraction of sp³-hybridized carbons (Fsp3) is 0.160. The first-order valence-electron chi connectivity index (χ1n) is 10.5. The number of nitrogens with two attached hydrogens (primary N) is 1. The summed E-state index contributed by atoms with van der Waals surface area (Å²) in [7, 11) is 0. The van der Waals surface area contributed by atoms with Crippen LogP contribution >= 0.6 is 11.3 Å². The van der Waals surface area contributed by atoms with Gasteiger partial charge in [0, 0.05) is 16.5 Å². The summed E-state index contributed by atoms with van der Waals surface area (Å²) in [5.74, 6) is 6.67. The van der Waals surface area contributed by atoms with Gasteiger partial charge in [0.15, 0.2) is 5.82 Å². The van der Waals surface area contributed by atoms with E-state index in [2.05, 4.69) is 12.1 Å². The third kappa shape index (κ3) is 2.79. The Kier molecular flexibility index (Phi) is 4.14. The predicted molar refractivity (Wildman–Crippen MR) is 127 cm³/mol. The van der Waals surface area contributed by atoms with E-state index >= 15 is 0 Å². The average Bonchev–Trinajstić information content (AvgIpc) is 3.21. The second-order valence-corrected chi connectivity index (χ2v) is 8.93. The number of thiophene rings is 1. The molecule has 3 heterocycles. The van der Waals surface area contributed by atoms with Crippen molar-refractivity contribution in [3.63, 3.8) is 0 Å². The molecule has 31 heavy (non-hydrogen) atoms. The van der Waals surface area contributed by atoms with Crippen molar-refractivity contribution >= 4 is 31.8 Å². The van der Waals surface area contributed by atoms with E-state index in [1.807, 2.05) is 48.5 Å². The van der Waals surface area contributed by atoms with E-state index in [1.165, 1.54) is 22.5 Å². The number of aryl methyl sites for hydroxylation is 1. The van der Waals surface area contributed by atoms with Crippen molar-refractivity contribution in [2.75, 3.05) is 5.84 Å². The molecule has 6 heteroatoms. The van der Waals surface area contributed by atoms with Crippen molar-refractivity contribution in [3.8, 4) is 22.6 Å². The van der Waals surface area contributed by atoms with Gasteiger partial charge in [-0.05, 0) is 36.8 Å². The first-order chi connectivity index (χ1) is 15.2. The lowest BCUT2D eigenvalue weighted by Crippen LogP contribution is -2.29. The van der Waals surface area contributed by atoms with Crippen LogP contribution in [0.4, 0.5) is 0 Å². The zero-order chi connectivity index (χ0) is 20.9. The number of aromatic nitrogens is 3. The standard InChI is InChI=1S/C25H20N4OS/c26-29-23(16-11-5-2-6-12-16)27-21-19-17-13-7-8-14-18(17)20(15-9-3-1-4-10-15)28-24(19)31-22(21)25(29)30/h1-6,9-12H,7-8,13-14,26H2. The normalized spacial score (nSPS) is 13.5. The molecular formula is C25H20N4OS. The topological polar surface area (TPSA) is 73.8 Å². The molecule has 2 aromatic carbocycles. The lowest BCUT2D eigenvalue weighted by molar-refractivity contribution is 0.689. The maximum absolute atomic E-state index is 13.2. The van der Waals surface area contributed by atoms with Gasteiger partial charge in [0.05, 0.1) is 11.2 Å². The number of fused-ring (bicyclic) bond motifs is 5. The summed E-state index contributed by atoms with van der Waals surface area (Å²) in [5, 5.41) is 1.03. The Balaban J connectivity index is 1.72. The van der Waals surface area contributed by atoms with Crippen LogP contribution in [0.5, 0.6) is 0 Å². The Bertz CT molecular complexity index is 1500. The van der Waals surface area contributed by atoms with E-state index in [-0.39, 0.29) is 5.56 Å². The smallest absolute Gasteiger partial charge is 0.290 e. The summed E-state index contributed by atoms with van der Waals surface area (Å²) in [4.78, 5) is 24.0. The van der Waals surface area contributed by atoms with Crippen molar-refractivity contribution in [1.29, 1.82) is 0 Å². The molecule has 0 fully saturated rings. The third-order valence-electron chi connectivity index (χ3n) is 6.07. The van der Waals surface area contributed by atoms with E-state index in [0.717, 1.165) is 62.9 Å². The van der Waals surface area contributed by atoms with Crippen LogP contribution in [0.3, 0.4) is 0 Å². The number of rotatable bonds is 2. The summed E-state index contributed by atoms with van der Waals surface area (Å²) in [6.07, 6.45) is 4.27. The quantitative estimate of drug-likeness (QED) is 0.408. The molecule has 0 radical (unpaired) electrons. The summed E-state index contributed by atoms with van der Waals surface area (Å²) < 4.78 is 1.74. The minimum atomic E-state index is -0.224. The first-order valence-corrected chi connectivity index (χ1v) is 11.3. The summed E-state index contributed by atoms with van der Waals surface area (Å²) in [5.41, 5.74) is 6.08. The van der Waals surface area contributed by atoms with E-state index in [1.54, 1.807) is 0 Å². The molecule has 0 spiro atoms. The third-order valence-corrected chi connectivity index (χ3v) is 7.13. The Morgan fingerprint density at radius 1 is 0.839 bits per heavy atom. The van der Waals surface area contributed by atoms with Gasteiger partial charge >= 0.3 is 0 Å². The highest BCUT2D eigenvalue weighted by Crippen LogP contribution is 2.40. The number of nitrogens with zero attached hydrogens (tertiary/aromatic N) is 3. The molecule has 2 N–H and O–H groups in total. The molecule has 3 aromatic heterocycles. The fourth-order valence-corrected chi connectivity index (χ4v) is 5.70. The molecule has 0 saturated heterocycles. The molecular weight excluding hydrogens is 404 g/mol. The second kappa shape index (κ2) is 7.03.